The molecule has 0 bridgehead atoms. The highest BCUT2D eigenvalue weighted by Crippen LogP contribution is 2.34. The second kappa shape index (κ2) is 7.00. The molecule has 2 heterocycles. The number of anilines is 1. The average Bonchev–Trinajstić information content (AvgIpc) is 2.54. The fourth-order valence-electron chi connectivity index (χ4n) is 3.18. The molecule has 1 aromatic heterocycles. The molecule has 136 valence electrons. The van der Waals surface area contributed by atoms with E-state index in [0.717, 1.165) is 48.7 Å². The highest BCUT2D eigenvalue weighted by Gasteiger charge is 2.22. The summed E-state index contributed by atoms with van der Waals surface area (Å²) >= 11 is 0. The monoisotopic (exact) mass is 364 g/mol. The lowest BCUT2D eigenvalue weighted by Gasteiger charge is -2.36. The Labute approximate surface area is 147 Å². The molecule has 1 aliphatic heterocycles. The Morgan fingerprint density at radius 1 is 1.04 bits per heavy atom. The summed E-state index contributed by atoms with van der Waals surface area (Å²) in [5, 5.41) is 1.07. The molecule has 3 rings (SSSR count). The van der Waals surface area contributed by atoms with E-state index < -0.39 is 7.60 Å². The lowest BCUT2D eigenvalue weighted by atomic mass is 10.1. The summed E-state index contributed by atoms with van der Waals surface area (Å²) in [7, 11) is -3.93. The van der Waals surface area contributed by atoms with E-state index in [0.29, 0.717) is 6.54 Å². The molecule has 0 saturated carbocycles. The fraction of sp³-hybridized carbons (Fsp3) is 0.529. The quantitative estimate of drug-likeness (QED) is 0.800. The molecule has 0 aliphatic carbocycles. The van der Waals surface area contributed by atoms with Crippen molar-refractivity contribution >= 4 is 24.3 Å². The zero-order valence-corrected chi connectivity index (χ0v) is 15.8. The summed E-state index contributed by atoms with van der Waals surface area (Å²) in [6.45, 7) is 9.66. The van der Waals surface area contributed by atoms with E-state index in [2.05, 4.69) is 45.7 Å². The summed E-state index contributed by atoms with van der Waals surface area (Å²) in [5.41, 5.74) is 3.41. The Kier molecular flexibility index (Phi) is 5.11. The van der Waals surface area contributed by atoms with Crippen molar-refractivity contribution in [2.24, 2.45) is 0 Å². The third-order valence-electron chi connectivity index (χ3n) is 4.78. The maximum Gasteiger partial charge on any atom is 0.326 e. The van der Waals surface area contributed by atoms with Crippen molar-refractivity contribution in [3.8, 4) is 0 Å². The first-order valence-corrected chi connectivity index (χ1v) is 10.3. The lowest BCUT2D eigenvalue weighted by molar-refractivity contribution is 0.264. The minimum Gasteiger partial charge on any atom is -0.353 e. The number of hydrogen-bond donors (Lipinski definition) is 2. The molecule has 1 aliphatic rings. The summed E-state index contributed by atoms with van der Waals surface area (Å²) < 4.78 is 11.0. The standard InChI is InChI=1S/C17H25N4O3P/c1-12-10-15-16(11-13(12)2)18-14(3)19-17(15)21-6-4-20(5-7-21)8-9-25(22,23)24/h10-11H,4-9H2,1-3H3,(H2,22,23,24). The first kappa shape index (κ1) is 18.3. The maximum atomic E-state index is 11.0. The maximum absolute atomic E-state index is 11.0. The molecule has 1 saturated heterocycles. The van der Waals surface area contributed by atoms with Crippen LogP contribution in [0.3, 0.4) is 0 Å². The molecule has 7 nitrogen and oxygen atoms in total. The molecule has 8 heteroatoms. The average molecular weight is 364 g/mol. The van der Waals surface area contributed by atoms with Gasteiger partial charge in [-0.3, -0.25) is 9.46 Å². The number of nitrogens with zero attached hydrogens (tertiary/aromatic N) is 4. The highest BCUT2D eigenvalue weighted by atomic mass is 31.2. The van der Waals surface area contributed by atoms with Gasteiger partial charge in [-0.1, -0.05) is 0 Å². The van der Waals surface area contributed by atoms with Crippen LogP contribution in [0, 0.1) is 20.8 Å². The van der Waals surface area contributed by atoms with Crippen molar-refractivity contribution in [1.82, 2.24) is 14.9 Å². The first-order chi connectivity index (χ1) is 11.7. The molecule has 25 heavy (non-hydrogen) atoms. The summed E-state index contributed by atoms with van der Waals surface area (Å²) in [4.78, 5) is 31.7. The second-order valence-electron chi connectivity index (χ2n) is 6.77. The largest absolute Gasteiger partial charge is 0.353 e. The van der Waals surface area contributed by atoms with E-state index in [1.165, 1.54) is 11.1 Å². The molecular formula is C17H25N4O3P. The van der Waals surface area contributed by atoms with Crippen molar-refractivity contribution in [2.45, 2.75) is 20.8 Å². The SMILES string of the molecule is Cc1nc(N2CCN(CCP(=O)(O)O)CC2)c2cc(C)c(C)cc2n1. The highest BCUT2D eigenvalue weighted by molar-refractivity contribution is 7.51. The van der Waals surface area contributed by atoms with Gasteiger partial charge in [-0.2, -0.15) is 0 Å². The number of benzene rings is 1. The van der Waals surface area contributed by atoms with Crippen molar-refractivity contribution < 1.29 is 14.4 Å². The van der Waals surface area contributed by atoms with Gasteiger partial charge in [-0.05, 0) is 44.0 Å². The van der Waals surface area contributed by atoms with Crippen LogP contribution in [0.2, 0.25) is 0 Å². The predicted molar refractivity (Wildman–Crippen MR) is 99.3 cm³/mol. The number of fused-ring (bicyclic) bond motifs is 1. The van der Waals surface area contributed by atoms with Crippen molar-refractivity contribution in [3.63, 3.8) is 0 Å². The second-order valence-corrected chi connectivity index (χ2v) is 8.54. The van der Waals surface area contributed by atoms with Gasteiger partial charge >= 0.3 is 7.60 Å². The van der Waals surface area contributed by atoms with E-state index in [1.807, 2.05) is 6.92 Å². The number of rotatable bonds is 4. The number of aryl methyl sites for hydroxylation is 3. The molecule has 0 radical (unpaired) electrons. The van der Waals surface area contributed by atoms with Crippen molar-refractivity contribution in [1.29, 1.82) is 0 Å². The van der Waals surface area contributed by atoms with Crippen LogP contribution in [0.25, 0.3) is 10.9 Å². The summed E-state index contributed by atoms with van der Waals surface area (Å²) in [6.07, 6.45) is -0.0823. The van der Waals surface area contributed by atoms with Crippen LogP contribution in [0.4, 0.5) is 5.82 Å². The Hall–Kier alpha value is -1.53. The van der Waals surface area contributed by atoms with E-state index in [1.54, 1.807) is 0 Å². The van der Waals surface area contributed by atoms with E-state index in [9.17, 15) is 4.57 Å². The third kappa shape index (κ3) is 4.36. The van der Waals surface area contributed by atoms with Crippen molar-refractivity contribution in [3.05, 3.63) is 29.1 Å². The van der Waals surface area contributed by atoms with Gasteiger partial charge < -0.3 is 14.7 Å². The van der Waals surface area contributed by atoms with Gasteiger partial charge in [-0.15, -0.1) is 0 Å². The molecule has 1 aromatic carbocycles. The zero-order valence-electron chi connectivity index (χ0n) is 14.9. The van der Waals surface area contributed by atoms with Gasteiger partial charge in [0.05, 0.1) is 11.7 Å². The summed E-state index contributed by atoms with van der Waals surface area (Å²) in [6, 6.07) is 4.26. The molecule has 0 amide bonds. The number of aromatic nitrogens is 2. The van der Waals surface area contributed by atoms with Crippen LogP contribution in [0.5, 0.6) is 0 Å². The number of hydrogen-bond acceptors (Lipinski definition) is 5. The molecule has 2 aromatic rings. The number of piperazine rings is 1. The molecule has 0 spiro atoms. The molecule has 0 unspecified atom stereocenters. The predicted octanol–water partition coefficient (Wildman–Crippen LogP) is 1.85. The van der Waals surface area contributed by atoms with E-state index in [4.69, 9.17) is 9.79 Å². The molecule has 1 fully saturated rings. The Morgan fingerprint density at radius 3 is 2.32 bits per heavy atom. The van der Waals surface area contributed by atoms with Crippen LogP contribution in [-0.2, 0) is 4.57 Å². The van der Waals surface area contributed by atoms with E-state index >= 15 is 0 Å². The Bertz CT molecular complexity index is 828. The molecule has 2 N–H and O–H groups in total. The van der Waals surface area contributed by atoms with Gasteiger partial charge in [0, 0.05) is 38.1 Å². The van der Waals surface area contributed by atoms with Gasteiger partial charge in [-0.25, -0.2) is 9.97 Å². The van der Waals surface area contributed by atoms with Gasteiger partial charge in [0.2, 0.25) is 0 Å². The summed E-state index contributed by atoms with van der Waals surface area (Å²) in [5.74, 6) is 1.72. The van der Waals surface area contributed by atoms with Crippen LogP contribution in [0.1, 0.15) is 17.0 Å². The topological polar surface area (TPSA) is 89.8 Å². The third-order valence-corrected chi connectivity index (χ3v) is 5.56. The van der Waals surface area contributed by atoms with Crippen LogP contribution >= 0.6 is 7.60 Å². The molecular weight excluding hydrogens is 339 g/mol. The van der Waals surface area contributed by atoms with E-state index in [-0.39, 0.29) is 6.16 Å². The van der Waals surface area contributed by atoms with Crippen molar-refractivity contribution in [2.75, 3.05) is 43.8 Å². The normalized spacial score (nSPS) is 16.6. The molecule has 0 atom stereocenters. The first-order valence-electron chi connectivity index (χ1n) is 8.50. The van der Waals surface area contributed by atoms with Crippen LogP contribution < -0.4 is 4.90 Å². The zero-order chi connectivity index (χ0) is 18.2. The van der Waals surface area contributed by atoms with Crippen LogP contribution in [-0.4, -0.2) is 63.5 Å². The minimum absolute atomic E-state index is 0.0823. The van der Waals surface area contributed by atoms with Gasteiger partial charge in [0.15, 0.2) is 0 Å². The van der Waals surface area contributed by atoms with Gasteiger partial charge in [0.1, 0.15) is 11.6 Å². The van der Waals surface area contributed by atoms with Gasteiger partial charge in [0.25, 0.3) is 0 Å². The Balaban J connectivity index is 1.79. The van der Waals surface area contributed by atoms with Crippen LogP contribution in [0.15, 0.2) is 12.1 Å². The fourth-order valence-corrected chi connectivity index (χ4v) is 3.72. The smallest absolute Gasteiger partial charge is 0.326 e. The minimum atomic E-state index is -3.93. The lowest BCUT2D eigenvalue weighted by Crippen LogP contribution is -2.47. The Morgan fingerprint density at radius 2 is 1.68 bits per heavy atom.